The standard InChI is InChI=1S/C25H23NO5/c1-17(23(27)18-13-15-20(30-3)16-14-18)31-25(29)22-12-8-7-11-21(22)24(28)26(2)19-9-5-4-6-10-19/h4-17H,1-3H3/t17-/m1/s1. The van der Waals surface area contributed by atoms with Crippen LogP contribution in [0.25, 0.3) is 0 Å². The van der Waals surface area contributed by atoms with Crippen molar-refractivity contribution >= 4 is 23.3 Å². The van der Waals surface area contributed by atoms with E-state index in [4.69, 9.17) is 9.47 Å². The number of amides is 1. The van der Waals surface area contributed by atoms with Crippen molar-refractivity contribution in [2.45, 2.75) is 13.0 Å². The molecule has 0 aliphatic carbocycles. The Morgan fingerprint density at radius 2 is 1.39 bits per heavy atom. The van der Waals surface area contributed by atoms with E-state index < -0.39 is 12.1 Å². The molecule has 1 atom stereocenters. The van der Waals surface area contributed by atoms with Crippen molar-refractivity contribution in [3.05, 3.63) is 95.6 Å². The van der Waals surface area contributed by atoms with Gasteiger partial charge in [0.1, 0.15) is 5.75 Å². The number of nitrogens with zero attached hydrogens (tertiary/aromatic N) is 1. The molecule has 0 saturated carbocycles. The molecule has 158 valence electrons. The first-order chi connectivity index (χ1) is 14.9. The number of rotatable bonds is 7. The highest BCUT2D eigenvalue weighted by Gasteiger charge is 2.25. The number of ketones is 1. The number of para-hydroxylation sites is 1. The summed E-state index contributed by atoms with van der Waals surface area (Å²) in [6.07, 6.45) is -1.02. The average molecular weight is 417 g/mol. The maximum atomic E-state index is 13.0. The number of benzene rings is 3. The third-order valence-corrected chi connectivity index (χ3v) is 4.85. The second-order valence-electron chi connectivity index (χ2n) is 6.89. The van der Waals surface area contributed by atoms with E-state index in [0.717, 1.165) is 0 Å². The summed E-state index contributed by atoms with van der Waals surface area (Å²) in [5, 5.41) is 0. The second-order valence-corrected chi connectivity index (χ2v) is 6.89. The lowest BCUT2D eigenvalue weighted by atomic mass is 10.0. The van der Waals surface area contributed by atoms with Crippen LogP contribution < -0.4 is 9.64 Å². The van der Waals surface area contributed by atoms with Crippen molar-refractivity contribution in [3.8, 4) is 5.75 Å². The molecule has 0 N–H and O–H groups in total. The molecule has 0 fully saturated rings. The molecular formula is C25H23NO5. The fourth-order valence-corrected chi connectivity index (χ4v) is 3.06. The third-order valence-electron chi connectivity index (χ3n) is 4.85. The molecule has 0 unspecified atom stereocenters. The monoisotopic (exact) mass is 417 g/mol. The van der Waals surface area contributed by atoms with Crippen molar-refractivity contribution in [1.82, 2.24) is 0 Å². The molecule has 3 rings (SSSR count). The Balaban J connectivity index is 1.77. The summed E-state index contributed by atoms with van der Waals surface area (Å²) in [6, 6.07) is 22.0. The van der Waals surface area contributed by atoms with Crippen molar-refractivity contribution in [1.29, 1.82) is 0 Å². The van der Waals surface area contributed by atoms with Crippen molar-refractivity contribution in [3.63, 3.8) is 0 Å². The summed E-state index contributed by atoms with van der Waals surface area (Å²) in [6.45, 7) is 1.50. The zero-order valence-electron chi connectivity index (χ0n) is 17.6. The van der Waals surface area contributed by atoms with E-state index in [2.05, 4.69) is 0 Å². The van der Waals surface area contributed by atoms with Crippen molar-refractivity contribution in [2.75, 3.05) is 19.1 Å². The van der Waals surface area contributed by atoms with Crippen LogP contribution in [0.4, 0.5) is 5.69 Å². The van der Waals surface area contributed by atoms with Crippen LogP contribution in [0.2, 0.25) is 0 Å². The van der Waals surface area contributed by atoms with Crippen LogP contribution in [-0.2, 0) is 4.74 Å². The van der Waals surface area contributed by atoms with Gasteiger partial charge in [0, 0.05) is 18.3 Å². The summed E-state index contributed by atoms with van der Waals surface area (Å²) in [4.78, 5) is 39.9. The third kappa shape index (κ3) is 4.98. The number of esters is 1. The molecule has 1 amide bonds. The normalized spacial score (nSPS) is 11.3. The van der Waals surface area contributed by atoms with E-state index in [1.165, 1.54) is 25.0 Å². The lowest BCUT2D eigenvalue weighted by Crippen LogP contribution is -2.29. The van der Waals surface area contributed by atoms with Gasteiger partial charge in [-0.15, -0.1) is 0 Å². The Labute approximate surface area is 181 Å². The van der Waals surface area contributed by atoms with Crippen molar-refractivity contribution in [2.24, 2.45) is 0 Å². The number of hydrogen-bond donors (Lipinski definition) is 0. The molecular weight excluding hydrogens is 394 g/mol. The Hall–Kier alpha value is -3.93. The minimum absolute atomic E-state index is 0.102. The molecule has 0 aliphatic heterocycles. The molecule has 6 nitrogen and oxygen atoms in total. The topological polar surface area (TPSA) is 72.9 Å². The lowest BCUT2D eigenvalue weighted by molar-refractivity contribution is 0.0317. The summed E-state index contributed by atoms with van der Waals surface area (Å²) >= 11 is 0. The Kier molecular flexibility index (Phi) is 6.82. The highest BCUT2D eigenvalue weighted by Crippen LogP contribution is 2.19. The highest BCUT2D eigenvalue weighted by atomic mass is 16.5. The van der Waals surface area contributed by atoms with E-state index in [-0.39, 0.29) is 22.8 Å². The Bertz CT molecular complexity index is 1080. The maximum Gasteiger partial charge on any atom is 0.339 e. The SMILES string of the molecule is COc1ccc(C(=O)[C@@H](C)OC(=O)c2ccccc2C(=O)N(C)c2ccccc2)cc1. The maximum absolute atomic E-state index is 13.0. The summed E-state index contributed by atoms with van der Waals surface area (Å²) < 4.78 is 10.5. The van der Waals surface area contributed by atoms with Crippen LogP contribution in [0.15, 0.2) is 78.9 Å². The number of methoxy groups -OCH3 is 1. The number of carbonyl (C=O) groups is 3. The van der Waals surface area contributed by atoms with Gasteiger partial charge in [0.15, 0.2) is 6.10 Å². The number of anilines is 1. The second kappa shape index (κ2) is 9.71. The summed E-state index contributed by atoms with van der Waals surface area (Å²) in [5.41, 5.74) is 1.39. The van der Waals surface area contributed by atoms with Crippen LogP contribution in [0.5, 0.6) is 5.75 Å². The minimum Gasteiger partial charge on any atom is -0.497 e. The van der Waals surface area contributed by atoms with E-state index in [0.29, 0.717) is 17.0 Å². The average Bonchev–Trinajstić information content (AvgIpc) is 2.83. The van der Waals surface area contributed by atoms with E-state index in [1.807, 2.05) is 18.2 Å². The minimum atomic E-state index is -1.02. The smallest absolute Gasteiger partial charge is 0.339 e. The van der Waals surface area contributed by atoms with Gasteiger partial charge in [-0.3, -0.25) is 9.59 Å². The van der Waals surface area contributed by atoms with Gasteiger partial charge in [0.25, 0.3) is 5.91 Å². The Morgan fingerprint density at radius 3 is 2.00 bits per heavy atom. The number of Topliss-reactive ketones (excluding diaryl/α,β-unsaturated/α-hetero) is 1. The van der Waals surface area contributed by atoms with Gasteiger partial charge in [0.2, 0.25) is 5.78 Å². The van der Waals surface area contributed by atoms with Crippen LogP contribution in [0.3, 0.4) is 0 Å². The molecule has 3 aromatic rings. The van der Waals surface area contributed by atoms with Gasteiger partial charge < -0.3 is 14.4 Å². The van der Waals surface area contributed by atoms with Gasteiger partial charge in [-0.25, -0.2) is 4.79 Å². The first-order valence-corrected chi connectivity index (χ1v) is 9.73. The number of carbonyl (C=O) groups excluding carboxylic acids is 3. The van der Waals surface area contributed by atoms with Gasteiger partial charge >= 0.3 is 5.97 Å². The predicted octanol–water partition coefficient (Wildman–Crippen LogP) is 4.40. The largest absolute Gasteiger partial charge is 0.497 e. The molecule has 0 heterocycles. The summed E-state index contributed by atoms with van der Waals surface area (Å²) in [7, 11) is 3.17. The first-order valence-electron chi connectivity index (χ1n) is 9.73. The lowest BCUT2D eigenvalue weighted by Gasteiger charge is -2.19. The van der Waals surface area contributed by atoms with Gasteiger partial charge in [-0.2, -0.15) is 0 Å². The zero-order valence-corrected chi connectivity index (χ0v) is 17.6. The number of ether oxygens (including phenoxy) is 2. The van der Waals surface area contributed by atoms with E-state index in [1.54, 1.807) is 61.6 Å². The van der Waals surface area contributed by atoms with E-state index in [9.17, 15) is 14.4 Å². The zero-order chi connectivity index (χ0) is 22.4. The fourth-order valence-electron chi connectivity index (χ4n) is 3.06. The molecule has 0 aliphatic rings. The van der Waals surface area contributed by atoms with Gasteiger partial charge in [0.05, 0.1) is 18.2 Å². The number of hydrogen-bond acceptors (Lipinski definition) is 5. The molecule has 0 saturated heterocycles. The van der Waals surface area contributed by atoms with Crippen LogP contribution in [0, 0.1) is 0 Å². The quantitative estimate of drug-likeness (QED) is 0.421. The van der Waals surface area contributed by atoms with Gasteiger partial charge in [-0.1, -0.05) is 30.3 Å². The highest BCUT2D eigenvalue weighted by molar-refractivity contribution is 6.12. The molecule has 0 bridgehead atoms. The van der Waals surface area contributed by atoms with Crippen molar-refractivity contribution < 1.29 is 23.9 Å². The molecule has 0 spiro atoms. The molecule has 31 heavy (non-hydrogen) atoms. The molecule has 0 radical (unpaired) electrons. The molecule has 6 heteroatoms. The Morgan fingerprint density at radius 1 is 0.806 bits per heavy atom. The first kappa shape index (κ1) is 21.8. The van der Waals surface area contributed by atoms with E-state index >= 15 is 0 Å². The van der Waals surface area contributed by atoms with Gasteiger partial charge in [-0.05, 0) is 55.5 Å². The molecule has 3 aromatic carbocycles. The van der Waals surface area contributed by atoms with Crippen LogP contribution in [-0.4, -0.2) is 37.9 Å². The fraction of sp³-hybridized carbons (Fsp3) is 0.160. The summed E-state index contributed by atoms with van der Waals surface area (Å²) in [5.74, 6) is -0.815. The van der Waals surface area contributed by atoms with Crippen LogP contribution in [0.1, 0.15) is 38.0 Å². The van der Waals surface area contributed by atoms with Crippen LogP contribution >= 0.6 is 0 Å². The molecule has 0 aromatic heterocycles. The predicted molar refractivity (Wildman–Crippen MR) is 118 cm³/mol.